The van der Waals surface area contributed by atoms with E-state index in [-0.39, 0.29) is 11.9 Å². The normalized spacial score (nSPS) is 15.0. The first-order valence-corrected chi connectivity index (χ1v) is 7.90. The summed E-state index contributed by atoms with van der Waals surface area (Å²) in [6.45, 7) is 6.80. The van der Waals surface area contributed by atoms with Crippen molar-refractivity contribution in [1.29, 1.82) is 0 Å². The van der Waals surface area contributed by atoms with Crippen LogP contribution < -0.4 is 5.32 Å². The smallest absolute Gasteiger partial charge is 0.317 e. The van der Waals surface area contributed by atoms with Crippen molar-refractivity contribution in [3.63, 3.8) is 0 Å². The number of halogens is 1. The minimum absolute atomic E-state index is 0.0197. The van der Waals surface area contributed by atoms with Crippen LogP contribution in [0.25, 0.3) is 0 Å². The van der Waals surface area contributed by atoms with Gasteiger partial charge in [0.2, 0.25) is 0 Å². The largest absolute Gasteiger partial charge is 0.338 e. The molecule has 1 N–H and O–H groups in total. The van der Waals surface area contributed by atoms with E-state index in [4.69, 9.17) is 0 Å². The van der Waals surface area contributed by atoms with E-state index in [9.17, 15) is 9.59 Å². The van der Waals surface area contributed by atoms with Crippen molar-refractivity contribution in [2.75, 3.05) is 32.7 Å². The Morgan fingerprint density at radius 3 is 2.38 bits per heavy atom. The first-order valence-electron chi connectivity index (χ1n) is 7.11. The Morgan fingerprint density at radius 1 is 1.19 bits per heavy atom. The van der Waals surface area contributed by atoms with Crippen molar-refractivity contribution in [3.8, 4) is 0 Å². The fourth-order valence-corrected chi connectivity index (χ4v) is 2.66. The maximum atomic E-state index is 12.5. The van der Waals surface area contributed by atoms with E-state index in [1.54, 1.807) is 9.80 Å². The topological polar surface area (TPSA) is 52.7 Å². The molecular weight excluding hydrogens is 334 g/mol. The van der Waals surface area contributed by atoms with Crippen LogP contribution in [0.2, 0.25) is 0 Å². The molecule has 1 aromatic carbocycles. The monoisotopic (exact) mass is 353 g/mol. The predicted molar refractivity (Wildman–Crippen MR) is 85.4 cm³/mol. The van der Waals surface area contributed by atoms with Crippen molar-refractivity contribution in [2.24, 2.45) is 0 Å². The molecular formula is C15H20BrN3O2. The summed E-state index contributed by atoms with van der Waals surface area (Å²) in [5.74, 6) is 0.0197. The van der Waals surface area contributed by atoms with E-state index < -0.39 is 0 Å². The molecule has 1 aliphatic rings. The average Bonchev–Trinajstić information content (AvgIpc) is 2.50. The number of carbonyl (C=O) groups is 2. The van der Waals surface area contributed by atoms with Crippen LogP contribution in [-0.2, 0) is 0 Å². The van der Waals surface area contributed by atoms with E-state index >= 15 is 0 Å². The molecule has 21 heavy (non-hydrogen) atoms. The Labute approximate surface area is 133 Å². The van der Waals surface area contributed by atoms with E-state index in [2.05, 4.69) is 21.2 Å². The molecule has 1 aromatic rings. The van der Waals surface area contributed by atoms with Crippen LogP contribution >= 0.6 is 15.9 Å². The lowest BCUT2D eigenvalue weighted by Gasteiger charge is -2.34. The van der Waals surface area contributed by atoms with Crippen LogP contribution in [0.5, 0.6) is 0 Å². The molecule has 1 heterocycles. The Kier molecular flexibility index (Phi) is 5.22. The molecule has 6 heteroatoms. The molecule has 0 bridgehead atoms. The van der Waals surface area contributed by atoms with Gasteiger partial charge in [0.05, 0.1) is 0 Å². The Morgan fingerprint density at radius 2 is 1.81 bits per heavy atom. The second-order valence-corrected chi connectivity index (χ2v) is 5.93. The van der Waals surface area contributed by atoms with Gasteiger partial charge in [-0.05, 0) is 31.5 Å². The van der Waals surface area contributed by atoms with Crippen molar-refractivity contribution in [1.82, 2.24) is 15.1 Å². The summed E-state index contributed by atoms with van der Waals surface area (Å²) in [6, 6.07) is 5.58. The van der Waals surface area contributed by atoms with Gasteiger partial charge in [0, 0.05) is 42.8 Å². The van der Waals surface area contributed by atoms with Crippen LogP contribution in [-0.4, -0.2) is 54.5 Å². The highest BCUT2D eigenvalue weighted by Crippen LogP contribution is 2.19. The molecule has 0 spiro atoms. The number of urea groups is 1. The van der Waals surface area contributed by atoms with Crippen LogP contribution in [0.15, 0.2) is 22.7 Å². The van der Waals surface area contributed by atoms with Crippen LogP contribution in [0.1, 0.15) is 22.8 Å². The minimum atomic E-state index is -0.0531. The van der Waals surface area contributed by atoms with Crippen LogP contribution in [0.3, 0.4) is 0 Å². The SMILES string of the molecule is CCNC(=O)N1CCN(C(=O)c2ccc(C)c(Br)c2)CC1. The fourth-order valence-electron chi connectivity index (χ4n) is 2.28. The van der Waals surface area contributed by atoms with Crippen molar-refractivity contribution >= 4 is 27.9 Å². The Balaban J connectivity index is 1.97. The van der Waals surface area contributed by atoms with Gasteiger partial charge in [-0.15, -0.1) is 0 Å². The van der Waals surface area contributed by atoms with E-state index in [0.29, 0.717) is 38.3 Å². The first-order chi connectivity index (χ1) is 10.0. The number of carbonyl (C=O) groups excluding carboxylic acids is 2. The van der Waals surface area contributed by atoms with Crippen molar-refractivity contribution < 1.29 is 9.59 Å². The summed E-state index contributed by atoms with van der Waals surface area (Å²) in [5, 5.41) is 2.78. The maximum Gasteiger partial charge on any atom is 0.317 e. The molecule has 1 saturated heterocycles. The third kappa shape index (κ3) is 3.75. The summed E-state index contributed by atoms with van der Waals surface area (Å²) in [7, 11) is 0. The summed E-state index contributed by atoms with van der Waals surface area (Å²) >= 11 is 3.45. The van der Waals surface area contributed by atoms with Gasteiger partial charge in [-0.25, -0.2) is 4.79 Å². The first kappa shape index (κ1) is 15.8. The lowest BCUT2D eigenvalue weighted by atomic mass is 10.1. The average molecular weight is 354 g/mol. The molecule has 0 aliphatic carbocycles. The molecule has 0 unspecified atom stereocenters. The third-order valence-corrected chi connectivity index (χ3v) is 4.46. The zero-order valence-electron chi connectivity index (χ0n) is 12.4. The molecule has 0 saturated carbocycles. The summed E-state index contributed by atoms with van der Waals surface area (Å²) in [4.78, 5) is 27.7. The van der Waals surface area contributed by atoms with Gasteiger partial charge >= 0.3 is 6.03 Å². The Hall–Kier alpha value is -1.56. The molecule has 114 valence electrons. The number of hydrogen-bond acceptors (Lipinski definition) is 2. The summed E-state index contributed by atoms with van der Waals surface area (Å²) in [6.07, 6.45) is 0. The molecule has 1 fully saturated rings. The second kappa shape index (κ2) is 6.93. The highest BCUT2D eigenvalue weighted by Gasteiger charge is 2.24. The van der Waals surface area contributed by atoms with E-state index in [1.807, 2.05) is 32.0 Å². The number of aryl methyl sites for hydroxylation is 1. The Bertz CT molecular complexity index is 540. The number of benzene rings is 1. The maximum absolute atomic E-state index is 12.5. The molecule has 0 aromatic heterocycles. The quantitative estimate of drug-likeness (QED) is 0.886. The van der Waals surface area contributed by atoms with Gasteiger partial charge in [-0.3, -0.25) is 4.79 Å². The third-order valence-electron chi connectivity index (χ3n) is 3.60. The number of piperazine rings is 1. The van der Waals surface area contributed by atoms with Gasteiger partial charge in [-0.1, -0.05) is 22.0 Å². The molecule has 3 amide bonds. The van der Waals surface area contributed by atoms with Crippen molar-refractivity contribution in [3.05, 3.63) is 33.8 Å². The highest BCUT2D eigenvalue weighted by molar-refractivity contribution is 9.10. The lowest BCUT2D eigenvalue weighted by molar-refractivity contribution is 0.0665. The van der Waals surface area contributed by atoms with Crippen LogP contribution in [0, 0.1) is 6.92 Å². The van der Waals surface area contributed by atoms with E-state index in [1.165, 1.54) is 0 Å². The number of hydrogen-bond donors (Lipinski definition) is 1. The molecule has 5 nitrogen and oxygen atoms in total. The number of nitrogens with one attached hydrogen (secondary N) is 1. The molecule has 1 aliphatic heterocycles. The highest BCUT2D eigenvalue weighted by atomic mass is 79.9. The minimum Gasteiger partial charge on any atom is -0.338 e. The molecule has 0 radical (unpaired) electrons. The van der Waals surface area contributed by atoms with Crippen LogP contribution in [0.4, 0.5) is 4.79 Å². The van der Waals surface area contributed by atoms with Gasteiger partial charge < -0.3 is 15.1 Å². The van der Waals surface area contributed by atoms with Gasteiger partial charge in [0.1, 0.15) is 0 Å². The fraction of sp³-hybridized carbons (Fsp3) is 0.467. The zero-order chi connectivity index (χ0) is 15.4. The summed E-state index contributed by atoms with van der Waals surface area (Å²) < 4.78 is 0.939. The number of rotatable bonds is 2. The summed E-state index contributed by atoms with van der Waals surface area (Å²) in [5.41, 5.74) is 1.78. The molecule has 0 atom stereocenters. The predicted octanol–water partition coefficient (Wildman–Crippen LogP) is 2.24. The zero-order valence-corrected chi connectivity index (χ0v) is 13.9. The van der Waals surface area contributed by atoms with Crippen molar-refractivity contribution in [2.45, 2.75) is 13.8 Å². The standard InChI is InChI=1S/C15H20BrN3O2/c1-3-17-15(21)19-8-6-18(7-9-19)14(20)12-5-4-11(2)13(16)10-12/h4-5,10H,3,6-9H2,1-2H3,(H,17,21). The van der Waals surface area contributed by atoms with E-state index in [0.717, 1.165) is 10.0 Å². The van der Waals surface area contributed by atoms with Gasteiger partial charge in [0.25, 0.3) is 5.91 Å². The number of nitrogens with zero attached hydrogens (tertiary/aromatic N) is 2. The van der Waals surface area contributed by atoms with Gasteiger partial charge in [0.15, 0.2) is 0 Å². The lowest BCUT2D eigenvalue weighted by Crippen LogP contribution is -2.53. The molecule has 2 rings (SSSR count). The second-order valence-electron chi connectivity index (χ2n) is 5.08. The van der Waals surface area contributed by atoms with Gasteiger partial charge in [-0.2, -0.15) is 0 Å². The number of amides is 3.